The number of hydrogen-bond donors (Lipinski definition) is 0. The predicted molar refractivity (Wildman–Crippen MR) is 68.5 cm³/mol. The highest BCUT2D eigenvalue weighted by molar-refractivity contribution is 7.89. The number of alkyl halides is 1. The average molecular weight is 310 g/mol. The summed E-state index contributed by atoms with van der Waals surface area (Å²) in [6, 6.07) is 1.87. The molecule has 1 aromatic carbocycles. The zero-order chi connectivity index (χ0) is 14.2. The van der Waals surface area contributed by atoms with E-state index in [-0.39, 0.29) is 0 Å². The van der Waals surface area contributed by atoms with Crippen LogP contribution in [0.4, 0.5) is 8.78 Å². The monoisotopic (exact) mass is 309 g/mol. The molecule has 0 N–H and O–H groups in total. The van der Waals surface area contributed by atoms with Crippen molar-refractivity contribution in [2.45, 2.75) is 23.6 Å². The highest BCUT2D eigenvalue weighted by atomic mass is 35.5. The van der Waals surface area contributed by atoms with E-state index in [0.29, 0.717) is 12.5 Å². The lowest BCUT2D eigenvalue weighted by Crippen LogP contribution is -2.30. The predicted octanol–water partition coefficient (Wildman–Crippen LogP) is 2.73. The molecule has 0 radical (unpaired) electrons. The summed E-state index contributed by atoms with van der Waals surface area (Å²) in [5, 5.41) is 0. The van der Waals surface area contributed by atoms with Gasteiger partial charge in [-0.3, -0.25) is 0 Å². The largest absolute Gasteiger partial charge is 0.245 e. The maximum atomic E-state index is 14.0. The van der Waals surface area contributed by atoms with Gasteiger partial charge >= 0.3 is 0 Å². The number of rotatable bonds is 5. The van der Waals surface area contributed by atoms with Crippen LogP contribution < -0.4 is 0 Å². The molecule has 106 valence electrons. The van der Waals surface area contributed by atoms with Crippen molar-refractivity contribution in [2.24, 2.45) is 5.92 Å². The van der Waals surface area contributed by atoms with Gasteiger partial charge < -0.3 is 0 Å². The fourth-order valence-electron chi connectivity index (χ4n) is 1.83. The van der Waals surface area contributed by atoms with Crippen molar-refractivity contribution in [3.05, 3.63) is 29.3 Å². The van der Waals surface area contributed by atoms with E-state index < -0.39 is 38.0 Å². The molecule has 1 saturated carbocycles. The molecule has 0 saturated heterocycles. The van der Waals surface area contributed by atoms with Crippen molar-refractivity contribution in [2.75, 3.05) is 13.6 Å². The molecule has 7 heteroatoms. The van der Waals surface area contributed by atoms with Gasteiger partial charge in [0, 0.05) is 19.2 Å². The molecule has 0 atom stereocenters. The summed E-state index contributed by atoms with van der Waals surface area (Å²) in [6.07, 6.45) is 1.97. The van der Waals surface area contributed by atoms with E-state index in [0.717, 1.165) is 29.3 Å². The Bertz CT molecular complexity index is 588. The first-order chi connectivity index (χ1) is 8.87. The summed E-state index contributed by atoms with van der Waals surface area (Å²) in [4.78, 5) is -0.521. The minimum Gasteiger partial charge on any atom is -0.207 e. The molecule has 0 aromatic heterocycles. The molecule has 1 aromatic rings. The molecule has 1 aliphatic rings. The molecule has 0 bridgehead atoms. The van der Waals surface area contributed by atoms with E-state index in [1.165, 1.54) is 7.05 Å². The van der Waals surface area contributed by atoms with Gasteiger partial charge in [0.1, 0.15) is 10.7 Å². The van der Waals surface area contributed by atoms with Gasteiger partial charge in [-0.25, -0.2) is 21.5 Å². The third-order valence-corrected chi connectivity index (χ3v) is 5.29. The molecule has 0 amide bonds. The normalized spacial score (nSPS) is 16.1. The summed E-state index contributed by atoms with van der Waals surface area (Å²) < 4.78 is 52.9. The van der Waals surface area contributed by atoms with Crippen molar-refractivity contribution in [1.29, 1.82) is 0 Å². The van der Waals surface area contributed by atoms with Crippen molar-refractivity contribution >= 4 is 21.6 Å². The molecule has 0 unspecified atom stereocenters. The van der Waals surface area contributed by atoms with E-state index in [9.17, 15) is 17.2 Å². The van der Waals surface area contributed by atoms with Crippen LogP contribution in [0.25, 0.3) is 0 Å². The van der Waals surface area contributed by atoms with Crippen LogP contribution in [0.15, 0.2) is 17.0 Å². The van der Waals surface area contributed by atoms with Crippen LogP contribution in [0.3, 0.4) is 0 Å². The molecular formula is C12H14ClF2NO2S. The number of halogens is 3. The quantitative estimate of drug-likeness (QED) is 0.784. The van der Waals surface area contributed by atoms with Crippen molar-refractivity contribution in [3.8, 4) is 0 Å². The number of nitrogens with zero attached hydrogens (tertiary/aromatic N) is 1. The second kappa shape index (κ2) is 5.34. The zero-order valence-electron chi connectivity index (χ0n) is 10.4. The van der Waals surface area contributed by atoms with E-state index in [2.05, 4.69) is 0 Å². The summed E-state index contributed by atoms with van der Waals surface area (Å²) in [6.45, 7) is 0.357. The van der Waals surface area contributed by atoms with E-state index in [4.69, 9.17) is 11.6 Å². The van der Waals surface area contributed by atoms with Gasteiger partial charge in [-0.15, -0.1) is 11.6 Å². The van der Waals surface area contributed by atoms with Gasteiger partial charge in [-0.1, -0.05) is 0 Å². The molecule has 1 aliphatic carbocycles. The Morgan fingerprint density at radius 3 is 2.53 bits per heavy atom. The first-order valence-corrected chi connectivity index (χ1v) is 7.84. The second-order valence-corrected chi connectivity index (χ2v) is 6.98. The van der Waals surface area contributed by atoms with Crippen molar-refractivity contribution < 1.29 is 17.2 Å². The van der Waals surface area contributed by atoms with Gasteiger partial charge in [0.2, 0.25) is 10.0 Å². The highest BCUT2D eigenvalue weighted by Gasteiger charge is 2.31. The van der Waals surface area contributed by atoms with Crippen LogP contribution in [-0.4, -0.2) is 26.3 Å². The van der Waals surface area contributed by atoms with E-state index in [1.54, 1.807) is 0 Å². The van der Waals surface area contributed by atoms with Gasteiger partial charge in [0.25, 0.3) is 0 Å². The zero-order valence-corrected chi connectivity index (χ0v) is 11.9. The Kier molecular flexibility index (Phi) is 4.13. The number of hydrogen-bond acceptors (Lipinski definition) is 2. The molecule has 0 heterocycles. The third kappa shape index (κ3) is 2.90. The van der Waals surface area contributed by atoms with Crippen molar-refractivity contribution in [1.82, 2.24) is 4.31 Å². The SMILES string of the molecule is CN(CC1CC1)S(=O)(=O)c1ccc(F)c(CCl)c1F. The van der Waals surface area contributed by atoms with Crippen molar-refractivity contribution in [3.63, 3.8) is 0 Å². The van der Waals surface area contributed by atoms with Gasteiger partial charge in [0.15, 0.2) is 5.82 Å². The smallest absolute Gasteiger partial charge is 0.207 e. The van der Waals surface area contributed by atoms with Crippen LogP contribution >= 0.6 is 11.6 Å². The molecule has 1 fully saturated rings. The molecule has 19 heavy (non-hydrogen) atoms. The number of benzene rings is 1. The van der Waals surface area contributed by atoms with Crippen LogP contribution in [0.1, 0.15) is 18.4 Å². The Labute approximate surface area is 116 Å². The maximum absolute atomic E-state index is 14.0. The second-order valence-electron chi connectivity index (χ2n) is 4.70. The summed E-state index contributed by atoms with van der Waals surface area (Å²) in [5.41, 5.74) is -0.414. The molecule has 3 nitrogen and oxygen atoms in total. The summed E-state index contributed by atoms with van der Waals surface area (Å²) in [5.74, 6) is -2.00. The fraction of sp³-hybridized carbons (Fsp3) is 0.500. The first-order valence-electron chi connectivity index (χ1n) is 5.87. The minimum atomic E-state index is -3.94. The van der Waals surface area contributed by atoms with E-state index >= 15 is 0 Å². The lowest BCUT2D eigenvalue weighted by atomic mass is 10.2. The molecule has 0 spiro atoms. The van der Waals surface area contributed by atoms with Gasteiger partial charge in [-0.2, -0.15) is 0 Å². The molecular weight excluding hydrogens is 296 g/mol. The molecule has 0 aliphatic heterocycles. The fourth-order valence-corrected chi connectivity index (χ4v) is 3.41. The highest BCUT2D eigenvalue weighted by Crippen LogP contribution is 2.32. The topological polar surface area (TPSA) is 37.4 Å². The summed E-state index contributed by atoms with van der Waals surface area (Å²) >= 11 is 5.45. The van der Waals surface area contributed by atoms with Crippen LogP contribution in [0.2, 0.25) is 0 Å². The van der Waals surface area contributed by atoms with Gasteiger partial charge in [0.05, 0.1) is 5.88 Å². The maximum Gasteiger partial charge on any atom is 0.245 e. The minimum absolute atomic E-state index is 0.343. The third-order valence-electron chi connectivity index (χ3n) is 3.18. The van der Waals surface area contributed by atoms with Crippen LogP contribution in [0.5, 0.6) is 0 Å². The van der Waals surface area contributed by atoms with Gasteiger partial charge in [-0.05, 0) is 30.9 Å². The number of sulfonamides is 1. The molecule has 2 rings (SSSR count). The van der Waals surface area contributed by atoms with Crippen LogP contribution in [-0.2, 0) is 15.9 Å². The van der Waals surface area contributed by atoms with Crippen LogP contribution in [0, 0.1) is 17.6 Å². The van der Waals surface area contributed by atoms with E-state index in [1.807, 2.05) is 0 Å². The Balaban J connectivity index is 2.39. The lowest BCUT2D eigenvalue weighted by Gasteiger charge is -2.18. The Morgan fingerprint density at radius 1 is 1.37 bits per heavy atom. The first kappa shape index (κ1) is 14.7. The average Bonchev–Trinajstić information content (AvgIpc) is 3.13. The summed E-state index contributed by atoms with van der Waals surface area (Å²) in [7, 11) is -2.54. The Morgan fingerprint density at radius 2 is 2.00 bits per heavy atom. The Hall–Kier alpha value is -0.720. The lowest BCUT2D eigenvalue weighted by molar-refractivity contribution is 0.445. The standard InChI is InChI=1S/C12H14ClF2NO2S/c1-16(7-8-2-3-8)19(17,18)11-5-4-10(14)9(6-13)12(11)15/h4-5,8H,2-3,6-7H2,1H3.